The van der Waals surface area contributed by atoms with E-state index in [9.17, 15) is 8.42 Å². The van der Waals surface area contributed by atoms with Gasteiger partial charge in [0, 0.05) is 0 Å². The van der Waals surface area contributed by atoms with Crippen LogP contribution >= 0.6 is 0 Å². The monoisotopic (exact) mass is 261 g/mol. The number of sulfonamides is 1. The number of hydrogen-bond acceptors (Lipinski definition) is 5. The van der Waals surface area contributed by atoms with Crippen molar-refractivity contribution < 1.29 is 8.42 Å². The summed E-state index contributed by atoms with van der Waals surface area (Å²) >= 11 is 0. The van der Waals surface area contributed by atoms with E-state index in [-0.39, 0.29) is 11.8 Å². The lowest BCUT2D eigenvalue weighted by molar-refractivity contribution is 0.555. The summed E-state index contributed by atoms with van der Waals surface area (Å²) in [6.07, 6.45) is 1.94. The molecule has 1 unspecified atom stereocenters. The van der Waals surface area contributed by atoms with E-state index in [1.807, 2.05) is 6.92 Å². The number of aromatic nitrogens is 3. The smallest absolute Gasteiger partial charge is 0.212 e. The molecule has 3 N–H and O–H groups in total. The first-order chi connectivity index (χ1) is 8.05. The molecule has 0 saturated carbocycles. The van der Waals surface area contributed by atoms with Gasteiger partial charge in [-0.2, -0.15) is 5.10 Å². The van der Waals surface area contributed by atoms with Gasteiger partial charge >= 0.3 is 0 Å². The minimum Gasteiger partial charge on any atom is -0.317 e. The fourth-order valence-corrected chi connectivity index (χ4v) is 2.66. The second kappa shape index (κ2) is 6.67. The van der Waals surface area contributed by atoms with E-state index in [2.05, 4.69) is 25.2 Å². The lowest BCUT2D eigenvalue weighted by Crippen LogP contribution is -2.31. The first kappa shape index (κ1) is 14.1. The number of nitrogens with zero attached hydrogens (tertiary/aromatic N) is 2. The number of nitrogens with one attached hydrogen (secondary N) is 3. The standard InChI is InChI=1S/C9H19N5O2S/c1-3-10-5-4-6-17(15,16)14-8(2)9-11-7-12-13-9/h7-8,10,14H,3-6H2,1-2H3,(H,11,12,13). The van der Waals surface area contributed by atoms with Gasteiger partial charge in [-0.05, 0) is 26.4 Å². The topological polar surface area (TPSA) is 99.8 Å². The van der Waals surface area contributed by atoms with Gasteiger partial charge in [0.05, 0.1) is 11.8 Å². The van der Waals surface area contributed by atoms with Gasteiger partial charge in [0.2, 0.25) is 10.0 Å². The SMILES string of the molecule is CCNCCCS(=O)(=O)NC(C)c1ncn[nH]1. The highest BCUT2D eigenvalue weighted by Gasteiger charge is 2.16. The highest BCUT2D eigenvalue weighted by Crippen LogP contribution is 2.06. The Morgan fingerprint density at radius 3 is 2.88 bits per heavy atom. The molecular formula is C9H19N5O2S. The van der Waals surface area contributed by atoms with Gasteiger partial charge in [0.15, 0.2) is 0 Å². The van der Waals surface area contributed by atoms with E-state index < -0.39 is 10.0 Å². The first-order valence-corrected chi connectivity index (χ1v) is 7.26. The molecule has 0 amide bonds. The summed E-state index contributed by atoms with van der Waals surface area (Å²) < 4.78 is 25.9. The molecule has 17 heavy (non-hydrogen) atoms. The normalized spacial score (nSPS) is 13.8. The highest BCUT2D eigenvalue weighted by molar-refractivity contribution is 7.89. The molecule has 0 aliphatic rings. The summed E-state index contributed by atoms with van der Waals surface area (Å²) in [6, 6.07) is -0.387. The van der Waals surface area contributed by atoms with E-state index in [4.69, 9.17) is 0 Å². The molecule has 0 saturated heterocycles. The Morgan fingerprint density at radius 2 is 2.29 bits per heavy atom. The Bertz CT molecular complexity index is 403. The van der Waals surface area contributed by atoms with Crippen LogP contribution in [0.25, 0.3) is 0 Å². The van der Waals surface area contributed by atoms with E-state index in [0.717, 1.165) is 6.54 Å². The molecule has 1 atom stereocenters. The van der Waals surface area contributed by atoms with E-state index in [1.165, 1.54) is 6.33 Å². The van der Waals surface area contributed by atoms with E-state index in [0.29, 0.717) is 18.8 Å². The van der Waals surface area contributed by atoms with Crippen LogP contribution in [0.4, 0.5) is 0 Å². The molecular weight excluding hydrogens is 242 g/mol. The van der Waals surface area contributed by atoms with E-state index >= 15 is 0 Å². The van der Waals surface area contributed by atoms with Crippen molar-refractivity contribution in [1.82, 2.24) is 25.2 Å². The van der Waals surface area contributed by atoms with Gasteiger partial charge in [-0.25, -0.2) is 18.1 Å². The molecule has 0 aliphatic heterocycles. The van der Waals surface area contributed by atoms with Crippen LogP contribution in [-0.4, -0.2) is 42.4 Å². The zero-order valence-corrected chi connectivity index (χ0v) is 10.9. The quantitative estimate of drug-likeness (QED) is 0.562. The summed E-state index contributed by atoms with van der Waals surface area (Å²) in [4.78, 5) is 3.90. The molecule has 1 heterocycles. The van der Waals surface area contributed by atoms with Crippen molar-refractivity contribution in [2.75, 3.05) is 18.8 Å². The van der Waals surface area contributed by atoms with Crippen molar-refractivity contribution in [1.29, 1.82) is 0 Å². The third kappa shape index (κ3) is 5.24. The fourth-order valence-electron chi connectivity index (χ4n) is 1.37. The van der Waals surface area contributed by atoms with Crippen molar-refractivity contribution in [3.63, 3.8) is 0 Å². The molecule has 0 fully saturated rings. The zero-order valence-electron chi connectivity index (χ0n) is 10.1. The molecule has 98 valence electrons. The largest absolute Gasteiger partial charge is 0.317 e. The lowest BCUT2D eigenvalue weighted by Gasteiger charge is -2.11. The number of hydrogen-bond donors (Lipinski definition) is 3. The van der Waals surface area contributed by atoms with Crippen LogP contribution in [0.3, 0.4) is 0 Å². The van der Waals surface area contributed by atoms with Crippen LogP contribution in [0.2, 0.25) is 0 Å². The Morgan fingerprint density at radius 1 is 1.53 bits per heavy atom. The third-order valence-corrected chi connectivity index (χ3v) is 3.76. The molecule has 1 aromatic heterocycles. The van der Waals surface area contributed by atoms with Gasteiger partial charge in [0.25, 0.3) is 0 Å². The van der Waals surface area contributed by atoms with Crippen LogP contribution in [0.15, 0.2) is 6.33 Å². The highest BCUT2D eigenvalue weighted by atomic mass is 32.2. The first-order valence-electron chi connectivity index (χ1n) is 5.61. The fraction of sp³-hybridized carbons (Fsp3) is 0.778. The lowest BCUT2D eigenvalue weighted by atomic mass is 10.3. The second-order valence-corrected chi connectivity index (χ2v) is 5.61. The second-order valence-electron chi connectivity index (χ2n) is 3.74. The Balaban J connectivity index is 2.38. The van der Waals surface area contributed by atoms with Crippen molar-refractivity contribution in [2.45, 2.75) is 26.3 Å². The predicted molar refractivity (Wildman–Crippen MR) is 64.9 cm³/mol. The van der Waals surface area contributed by atoms with Crippen LogP contribution in [0.1, 0.15) is 32.1 Å². The summed E-state index contributed by atoms with van der Waals surface area (Å²) in [6.45, 7) is 5.26. The molecule has 8 heteroatoms. The molecule has 7 nitrogen and oxygen atoms in total. The average Bonchev–Trinajstić information content (AvgIpc) is 2.77. The molecule has 1 aromatic rings. The summed E-state index contributed by atoms with van der Waals surface area (Å²) in [5.41, 5.74) is 0. The minimum atomic E-state index is -3.27. The Kier molecular flexibility index (Phi) is 5.52. The average molecular weight is 261 g/mol. The molecule has 1 rings (SSSR count). The van der Waals surface area contributed by atoms with Crippen molar-refractivity contribution in [2.24, 2.45) is 0 Å². The third-order valence-electron chi connectivity index (χ3n) is 2.22. The van der Waals surface area contributed by atoms with Gasteiger partial charge in [-0.3, -0.25) is 5.10 Å². The summed E-state index contributed by atoms with van der Waals surface area (Å²) in [5.74, 6) is 0.624. The maximum Gasteiger partial charge on any atom is 0.212 e. The van der Waals surface area contributed by atoms with Crippen molar-refractivity contribution >= 4 is 10.0 Å². The number of H-pyrrole nitrogens is 1. The van der Waals surface area contributed by atoms with Crippen molar-refractivity contribution in [3.05, 3.63) is 12.2 Å². The van der Waals surface area contributed by atoms with Gasteiger partial charge in [-0.1, -0.05) is 6.92 Å². The molecule has 0 aliphatic carbocycles. The molecule has 0 bridgehead atoms. The molecule has 0 aromatic carbocycles. The van der Waals surface area contributed by atoms with Gasteiger partial charge in [0.1, 0.15) is 12.2 Å². The summed E-state index contributed by atoms with van der Waals surface area (Å²) in [5, 5.41) is 9.40. The van der Waals surface area contributed by atoms with Gasteiger partial charge < -0.3 is 5.32 Å². The maximum atomic E-state index is 11.7. The predicted octanol–water partition coefficient (Wildman–Crippen LogP) is -0.215. The maximum absolute atomic E-state index is 11.7. The molecule has 0 radical (unpaired) electrons. The Labute approximate surface area is 101 Å². The Hall–Kier alpha value is -0.990. The van der Waals surface area contributed by atoms with Crippen LogP contribution in [0.5, 0.6) is 0 Å². The van der Waals surface area contributed by atoms with Crippen LogP contribution in [-0.2, 0) is 10.0 Å². The number of rotatable bonds is 8. The molecule has 0 spiro atoms. The van der Waals surface area contributed by atoms with Crippen LogP contribution < -0.4 is 10.0 Å². The van der Waals surface area contributed by atoms with Crippen LogP contribution in [0, 0.1) is 0 Å². The van der Waals surface area contributed by atoms with Crippen molar-refractivity contribution in [3.8, 4) is 0 Å². The summed E-state index contributed by atoms with van der Waals surface area (Å²) in [7, 11) is -3.27. The number of aromatic amines is 1. The zero-order chi connectivity index (χ0) is 12.7. The van der Waals surface area contributed by atoms with E-state index in [1.54, 1.807) is 6.92 Å². The van der Waals surface area contributed by atoms with Gasteiger partial charge in [-0.15, -0.1) is 0 Å². The minimum absolute atomic E-state index is 0.110.